The molecular weight excluding hydrogens is 206 g/mol. The normalized spacial score (nSPS) is 41.1. The Hall–Kier alpha value is -2.32. The first-order valence-corrected chi connectivity index (χ1v) is 4.07. The molecule has 0 unspecified atom stereocenters. The van der Waals surface area contributed by atoms with Gasteiger partial charge in [-0.1, -0.05) is 0 Å². The molecule has 3 aliphatic heterocycles. The van der Waals surface area contributed by atoms with E-state index in [0.717, 1.165) is 0 Å². The minimum Gasteiger partial charge on any atom is -0.303 e. The Bertz CT molecular complexity index is 387. The van der Waals surface area contributed by atoms with Gasteiger partial charge in [0, 0.05) is 0 Å². The minimum absolute atomic E-state index is 0.703. The number of carbonyl (C=O) groups excluding carboxylic acids is 4. The van der Waals surface area contributed by atoms with E-state index in [1.807, 2.05) is 5.32 Å². The third-order valence-electron chi connectivity index (χ3n) is 2.67. The van der Waals surface area contributed by atoms with E-state index < -0.39 is 35.2 Å². The summed E-state index contributed by atoms with van der Waals surface area (Å²) in [4.78, 5) is 45.3. The zero-order chi connectivity index (χ0) is 10.8. The molecular formula is C6H5N5O4. The highest BCUT2D eigenvalue weighted by Crippen LogP contribution is 2.31. The Morgan fingerprint density at radius 2 is 1.00 bits per heavy atom. The van der Waals surface area contributed by atoms with E-state index in [9.17, 15) is 19.2 Å². The molecule has 0 saturated carbocycles. The molecule has 3 heterocycles. The molecule has 5 N–H and O–H groups in total. The lowest BCUT2D eigenvalue weighted by atomic mass is 10.00. The van der Waals surface area contributed by atoms with Crippen LogP contribution in [0.25, 0.3) is 0 Å². The molecule has 0 aromatic heterocycles. The van der Waals surface area contributed by atoms with Gasteiger partial charge in [0.1, 0.15) is 0 Å². The van der Waals surface area contributed by atoms with Crippen LogP contribution in [0.4, 0.5) is 9.59 Å². The third kappa shape index (κ3) is 0.601. The molecule has 78 valence electrons. The Labute approximate surface area is 81.9 Å². The number of hydrogen-bond donors (Lipinski definition) is 5. The van der Waals surface area contributed by atoms with Crippen molar-refractivity contribution in [2.45, 2.75) is 11.3 Å². The molecule has 3 rings (SSSR count). The first-order chi connectivity index (χ1) is 7.00. The zero-order valence-electron chi connectivity index (χ0n) is 7.13. The SMILES string of the molecule is O=C1N[C@]23NC(=O)N[C@@]2(N1)C(=O)NC3=O. The monoisotopic (exact) mass is 211 g/mol. The van der Waals surface area contributed by atoms with Crippen LogP contribution >= 0.6 is 0 Å². The van der Waals surface area contributed by atoms with Crippen LogP contribution in [0.15, 0.2) is 0 Å². The third-order valence-corrected chi connectivity index (χ3v) is 2.67. The standard InChI is InChI=1S/C6H5N5O4/c12-1-5-6(2(13)7-1,10-3(14)8-5)11-4(15)9-5/h(H,7,12,13)(H2,8,10,14)(H2,9,11,15)/t5-,6+. The zero-order valence-corrected chi connectivity index (χ0v) is 7.13. The fourth-order valence-electron chi connectivity index (χ4n) is 2.04. The highest BCUT2D eigenvalue weighted by Gasteiger charge is 2.77. The van der Waals surface area contributed by atoms with Crippen LogP contribution in [-0.2, 0) is 9.59 Å². The summed E-state index contributed by atoms with van der Waals surface area (Å²) < 4.78 is 0. The second-order valence-corrected chi connectivity index (χ2v) is 3.44. The Morgan fingerprint density at radius 1 is 0.667 bits per heavy atom. The molecule has 0 aromatic rings. The second kappa shape index (κ2) is 1.87. The van der Waals surface area contributed by atoms with Gasteiger partial charge in [-0.25, -0.2) is 9.59 Å². The topological polar surface area (TPSA) is 128 Å². The molecule has 0 aliphatic carbocycles. The van der Waals surface area contributed by atoms with Crippen LogP contribution < -0.4 is 26.6 Å². The number of carbonyl (C=O) groups is 4. The maximum absolute atomic E-state index is 11.5. The van der Waals surface area contributed by atoms with E-state index in [4.69, 9.17) is 0 Å². The van der Waals surface area contributed by atoms with Crippen molar-refractivity contribution in [1.82, 2.24) is 26.6 Å². The van der Waals surface area contributed by atoms with Crippen molar-refractivity contribution in [1.29, 1.82) is 0 Å². The predicted molar refractivity (Wildman–Crippen MR) is 41.9 cm³/mol. The number of nitrogens with one attached hydrogen (secondary N) is 5. The molecule has 9 heteroatoms. The summed E-state index contributed by atoms with van der Waals surface area (Å²) in [5.41, 5.74) is -3.50. The van der Waals surface area contributed by atoms with Gasteiger partial charge in [-0.3, -0.25) is 14.9 Å². The highest BCUT2D eigenvalue weighted by molar-refractivity contribution is 6.22. The summed E-state index contributed by atoms with van der Waals surface area (Å²) in [5.74, 6) is -1.55. The summed E-state index contributed by atoms with van der Waals surface area (Å²) in [6, 6.07) is -1.41. The van der Waals surface area contributed by atoms with Crippen molar-refractivity contribution >= 4 is 23.9 Å². The van der Waals surface area contributed by atoms with E-state index in [2.05, 4.69) is 21.3 Å². The van der Waals surface area contributed by atoms with Crippen LogP contribution in [0.5, 0.6) is 0 Å². The van der Waals surface area contributed by atoms with Crippen molar-refractivity contribution in [2.24, 2.45) is 0 Å². The molecule has 0 aromatic carbocycles. The van der Waals surface area contributed by atoms with Gasteiger partial charge in [-0.15, -0.1) is 0 Å². The summed E-state index contributed by atoms with van der Waals surface area (Å²) >= 11 is 0. The van der Waals surface area contributed by atoms with Gasteiger partial charge in [-0.05, 0) is 0 Å². The van der Waals surface area contributed by atoms with Crippen LogP contribution in [0.3, 0.4) is 0 Å². The highest BCUT2D eigenvalue weighted by atomic mass is 16.2. The second-order valence-electron chi connectivity index (χ2n) is 3.44. The van der Waals surface area contributed by atoms with Crippen molar-refractivity contribution in [3.63, 3.8) is 0 Å². The van der Waals surface area contributed by atoms with E-state index in [0.29, 0.717) is 0 Å². The molecule has 6 amide bonds. The van der Waals surface area contributed by atoms with Gasteiger partial charge < -0.3 is 21.3 Å². The van der Waals surface area contributed by atoms with Crippen molar-refractivity contribution in [3.05, 3.63) is 0 Å². The fourth-order valence-corrected chi connectivity index (χ4v) is 2.04. The van der Waals surface area contributed by atoms with Gasteiger partial charge in [0.25, 0.3) is 11.8 Å². The van der Waals surface area contributed by atoms with Gasteiger partial charge in [0.2, 0.25) is 11.3 Å². The van der Waals surface area contributed by atoms with E-state index in [1.165, 1.54) is 0 Å². The minimum atomic E-state index is -1.75. The number of amides is 6. The van der Waals surface area contributed by atoms with Crippen molar-refractivity contribution in [3.8, 4) is 0 Å². The van der Waals surface area contributed by atoms with Crippen LogP contribution in [0, 0.1) is 0 Å². The largest absolute Gasteiger partial charge is 0.319 e. The lowest BCUT2D eigenvalue weighted by molar-refractivity contribution is -0.127. The molecule has 9 nitrogen and oxygen atoms in total. The number of hydrogen-bond acceptors (Lipinski definition) is 4. The Kier molecular flexibility index (Phi) is 1.00. The Morgan fingerprint density at radius 3 is 1.33 bits per heavy atom. The maximum atomic E-state index is 11.5. The molecule has 3 fully saturated rings. The number of rotatable bonds is 0. The molecule has 3 saturated heterocycles. The maximum Gasteiger partial charge on any atom is 0.319 e. The summed E-state index contributed by atoms with van der Waals surface area (Å²) in [7, 11) is 0. The van der Waals surface area contributed by atoms with Gasteiger partial charge in [0.05, 0.1) is 0 Å². The van der Waals surface area contributed by atoms with Crippen molar-refractivity contribution in [2.75, 3.05) is 0 Å². The predicted octanol–water partition coefficient (Wildman–Crippen LogP) is -3.34. The van der Waals surface area contributed by atoms with E-state index >= 15 is 0 Å². The molecule has 0 radical (unpaired) electrons. The smallest absolute Gasteiger partial charge is 0.303 e. The van der Waals surface area contributed by atoms with Gasteiger partial charge in [-0.2, -0.15) is 0 Å². The number of imide groups is 1. The molecule has 0 atom stereocenters. The molecule has 0 spiro atoms. The van der Waals surface area contributed by atoms with E-state index in [-0.39, 0.29) is 0 Å². The fraction of sp³-hybridized carbons (Fsp3) is 0.333. The average molecular weight is 211 g/mol. The lowest BCUT2D eigenvalue weighted by Crippen LogP contribution is -2.68. The summed E-state index contributed by atoms with van der Waals surface area (Å²) in [6.45, 7) is 0. The first kappa shape index (κ1) is 8.03. The lowest BCUT2D eigenvalue weighted by Gasteiger charge is -2.23. The first-order valence-electron chi connectivity index (χ1n) is 4.07. The molecule has 15 heavy (non-hydrogen) atoms. The van der Waals surface area contributed by atoms with E-state index in [1.54, 1.807) is 0 Å². The van der Waals surface area contributed by atoms with Crippen LogP contribution in [0.1, 0.15) is 0 Å². The number of urea groups is 2. The van der Waals surface area contributed by atoms with Gasteiger partial charge in [0.15, 0.2) is 0 Å². The van der Waals surface area contributed by atoms with Crippen LogP contribution in [-0.4, -0.2) is 35.2 Å². The Balaban J connectivity index is 2.24. The molecule has 0 bridgehead atoms. The summed E-state index contributed by atoms with van der Waals surface area (Å²) in [5, 5.41) is 10.9. The average Bonchev–Trinajstić information content (AvgIpc) is 2.58. The molecule has 3 aliphatic rings. The van der Waals surface area contributed by atoms with Crippen molar-refractivity contribution < 1.29 is 19.2 Å². The summed E-state index contributed by atoms with van der Waals surface area (Å²) in [6.07, 6.45) is 0. The van der Waals surface area contributed by atoms with Crippen LogP contribution in [0.2, 0.25) is 0 Å². The van der Waals surface area contributed by atoms with Gasteiger partial charge >= 0.3 is 12.1 Å². The quantitative estimate of drug-likeness (QED) is 0.268.